The summed E-state index contributed by atoms with van der Waals surface area (Å²) in [5.41, 5.74) is 2.17. The standard InChI is InChI=1S/C23H23NO2/c1-17-10-6-8-14-20(17)23(26,21-15-9-7-11-18(21)2)22(25)24-16-19-12-4-3-5-13-19/h3-15,26H,16H2,1-2H3,(H,24,25). The zero-order valence-electron chi connectivity index (χ0n) is 15.1. The number of carbonyl (C=O) groups is 1. The van der Waals surface area contributed by atoms with Crippen LogP contribution in [0.3, 0.4) is 0 Å². The van der Waals surface area contributed by atoms with Crippen LogP contribution in [0.2, 0.25) is 0 Å². The molecule has 0 radical (unpaired) electrons. The second-order valence-corrected chi connectivity index (χ2v) is 6.51. The van der Waals surface area contributed by atoms with Crippen LogP contribution in [0.15, 0.2) is 78.9 Å². The Balaban J connectivity index is 2.02. The van der Waals surface area contributed by atoms with E-state index >= 15 is 0 Å². The van der Waals surface area contributed by atoms with Crippen LogP contribution >= 0.6 is 0 Å². The Kier molecular flexibility index (Phi) is 5.19. The quantitative estimate of drug-likeness (QED) is 0.738. The van der Waals surface area contributed by atoms with Crippen LogP contribution in [-0.4, -0.2) is 11.0 Å². The minimum Gasteiger partial charge on any atom is -0.372 e. The lowest BCUT2D eigenvalue weighted by molar-refractivity contribution is -0.137. The molecular weight excluding hydrogens is 322 g/mol. The number of aryl methyl sites for hydroxylation is 2. The molecule has 0 aliphatic rings. The summed E-state index contributed by atoms with van der Waals surface area (Å²) in [5, 5.41) is 14.6. The molecule has 0 saturated heterocycles. The zero-order chi connectivity index (χ0) is 18.6. The molecule has 0 fully saturated rings. The fourth-order valence-corrected chi connectivity index (χ4v) is 3.25. The molecule has 3 aromatic carbocycles. The summed E-state index contributed by atoms with van der Waals surface area (Å²) in [6, 6.07) is 24.6. The first-order valence-electron chi connectivity index (χ1n) is 8.70. The summed E-state index contributed by atoms with van der Waals surface area (Å²) in [6.45, 7) is 4.17. The van der Waals surface area contributed by atoms with Gasteiger partial charge in [0.15, 0.2) is 5.60 Å². The van der Waals surface area contributed by atoms with E-state index in [-0.39, 0.29) is 0 Å². The van der Waals surface area contributed by atoms with Gasteiger partial charge in [0.05, 0.1) is 0 Å². The monoisotopic (exact) mass is 345 g/mol. The van der Waals surface area contributed by atoms with E-state index in [4.69, 9.17) is 0 Å². The zero-order valence-corrected chi connectivity index (χ0v) is 15.1. The van der Waals surface area contributed by atoms with E-state index < -0.39 is 11.5 Å². The number of hydrogen-bond donors (Lipinski definition) is 2. The van der Waals surface area contributed by atoms with Gasteiger partial charge in [-0.3, -0.25) is 4.79 Å². The van der Waals surface area contributed by atoms with E-state index in [1.54, 1.807) is 0 Å². The summed E-state index contributed by atoms with van der Waals surface area (Å²) in [5.74, 6) is -0.426. The molecule has 0 unspecified atom stereocenters. The molecule has 3 nitrogen and oxygen atoms in total. The summed E-state index contributed by atoms with van der Waals surface area (Å²) in [7, 11) is 0. The van der Waals surface area contributed by atoms with Gasteiger partial charge in [-0.05, 0) is 30.5 Å². The predicted molar refractivity (Wildman–Crippen MR) is 104 cm³/mol. The fraction of sp³-hybridized carbons (Fsp3) is 0.174. The van der Waals surface area contributed by atoms with E-state index in [0.717, 1.165) is 16.7 Å². The highest BCUT2D eigenvalue weighted by molar-refractivity contribution is 5.90. The molecule has 0 aliphatic heterocycles. The van der Waals surface area contributed by atoms with Crippen LogP contribution in [0.5, 0.6) is 0 Å². The first-order valence-corrected chi connectivity index (χ1v) is 8.70. The maximum atomic E-state index is 13.2. The minimum atomic E-state index is -1.74. The Morgan fingerprint density at radius 3 is 1.77 bits per heavy atom. The number of aliphatic hydroxyl groups is 1. The molecule has 0 heterocycles. The van der Waals surface area contributed by atoms with Crippen molar-refractivity contribution < 1.29 is 9.90 Å². The molecular formula is C23H23NO2. The Morgan fingerprint density at radius 1 is 0.808 bits per heavy atom. The van der Waals surface area contributed by atoms with Crippen molar-refractivity contribution in [1.82, 2.24) is 5.32 Å². The van der Waals surface area contributed by atoms with Gasteiger partial charge in [0.25, 0.3) is 5.91 Å². The lowest BCUT2D eigenvalue weighted by atomic mass is 9.81. The smallest absolute Gasteiger partial charge is 0.261 e. The molecule has 0 saturated carbocycles. The van der Waals surface area contributed by atoms with Crippen molar-refractivity contribution >= 4 is 5.91 Å². The van der Waals surface area contributed by atoms with Crippen LogP contribution in [0, 0.1) is 13.8 Å². The first kappa shape index (κ1) is 17.9. The van der Waals surface area contributed by atoms with Gasteiger partial charge < -0.3 is 10.4 Å². The lowest BCUT2D eigenvalue weighted by Crippen LogP contribution is -2.46. The second-order valence-electron chi connectivity index (χ2n) is 6.51. The van der Waals surface area contributed by atoms with Crippen LogP contribution in [-0.2, 0) is 16.9 Å². The van der Waals surface area contributed by atoms with Gasteiger partial charge in [-0.25, -0.2) is 0 Å². The number of hydrogen-bond acceptors (Lipinski definition) is 2. The normalized spacial score (nSPS) is 11.2. The topological polar surface area (TPSA) is 49.3 Å². The molecule has 3 rings (SSSR count). The van der Waals surface area contributed by atoms with Crippen LogP contribution in [0.25, 0.3) is 0 Å². The highest BCUT2D eigenvalue weighted by atomic mass is 16.3. The van der Waals surface area contributed by atoms with Gasteiger partial charge in [-0.15, -0.1) is 0 Å². The maximum Gasteiger partial charge on any atom is 0.261 e. The van der Waals surface area contributed by atoms with Crippen LogP contribution in [0.4, 0.5) is 0 Å². The van der Waals surface area contributed by atoms with Crippen molar-refractivity contribution in [2.24, 2.45) is 0 Å². The van der Waals surface area contributed by atoms with Gasteiger partial charge in [-0.1, -0.05) is 78.9 Å². The first-order chi connectivity index (χ1) is 12.5. The van der Waals surface area contributed by atoms with Gasteiger partial charge in [0.2, 0.25) is 0 Å². The average Bonchev–Trinajstić information content (AvgIpc) is 2.67. The molecule has 1 amide bonds. The molecule has 132 valence electrons. The molecule has 0 aromatic heterocycles. The van der Waals surface area contributed by atoms with E-state index in [2.05, 4.69) is 5.32 Å². The van der Waals surface area contributed by atoms with Gasteiger partial charge in [0, 0.05) is 17.7 Å². The van der Waals surface area contributed by atoms with Gasteiger partial charge in [-0.2, -0.15) is 0 Å². The summed E-state index contributed by atoms with van der Waals surface area (Å²) in [6.07, 6.45) is 0. The van der Waals surface area contributed by atoms with E-state index in [1.807, 2.05) is 92.7 Å². The SMILES string of the molecule is Cc1ccccc1C(O)(C(=O)NCc1ccccc1)c1ccccc1C. The molecule has 26 heavy (non-hydrogen) atoms. The largest absolute Gasteiger partial charge is 0.372 e. The van der Waals surface area contributed by atoms with Gasteiger partial charge >= 0.3 is 0 Å². The summed E-state index contributed by atoms with van der Waals surface area (Å²) < 4.78 is 0. The lowest BCUT2D eigenvalue weighted by Gasteiger charge is -2.30. The highest BCUT2D eigenvalue weighted by Crippen LogP contribution is 2.34. The molecule has 3 aromatic rings. The fourth-order valence-electron chi connectivity index (χ4n) is 3.25. The summed E-state index contributed by atoms with van der Waals surface area (Å²) in [4.78, 5) is 13.2. The van der Waals surface area contributed by atoms with E-state index in [9.17, 15) is 9.90 Å². The number of rotatable bonds is 5. The number of nitrogens with one attached hydrogen (secondary N) is 1. The van der Waals surface area contributed by atoms with Crippen LogP contribution < -0.4 is 5.32 Å². The Hall–Kier alpha value is -2.91. The van der Waals surface area contributed by atoms with E-state index in [1.165, 1.54) is 0 Å². The third-order valence-corrected chi connectivity index (χ3v) is 4.69. The molecule has 0 atom stereocenters. The number of carbonyl (C=O) groups excluding carboxylic acids is 1. The highest BCUT2D eigenvalue weighted by Gasteiger charge is 2.41. The molecule has 0 aliphatic carbocycles. The van der Waals surface area contributed by atoms with Crippen LogP contribution in [0.1, 0.15) is 27.8 Å². The molecule has 2 N–H and O–H groups in total. The minimum absolute atomic E-state index is 0.361. The van der Waals surface area contributed by atoms with Crippen molar-refractivity contribution in [3.63, 3.8) is 0 Å². The van der Waals surface area contributed by atoms with Crippen molar-refractivity contribution in [2.45, 2.75) is 26.0 Å². The van der Waals surface area contributed by atoms with Crippen molar-refractivity contribution in [3.8, 4) is 0 Å². The molecule has 3 heteroatoms. The number of benzene rings is 3. The van der Waals surface area contributed by atoms with Crippen molar-refractivity contribution in [1.29, 1.82) is 0 Å². The van der Waals surface area contributed by atoms with Crippen molar-refractivity contribution in [2.75, 3.05) is 0 Å². The van der Waals surface area contributed by atoms with E-state index in [0.29, 0.717) is 17.7 Å². The predicted octanol–water partition coefficient (Wildman–Crippen LogP) is 3.86. The Labute approximate surface area is 154 Å². The maximum absolute atomic E-state index is 13.2. The third kappa shape index (κ3) is 3.39. The Morgan fingerprint density at radius 2 is 1.27 bits per heavy atom. The number of amides is 1. The third-order valence-electron chi connectivity index (χ3n) is 4.69. The van der Waals surface area contributed by atoms with Crippen molar-refractivity contribution in [3.05, 3.63) is 107 Å². The average molecular weight is 345 g/mol. The second kappa shape index (κ2) is 7.54. The summed E-state index contributed by atoms with van der Waals surface area (Å²) >= 11 is 0. The molecule has 0 spiro atoms. The van der Waals surface area contributed by atoms with Gasteiger partial charge in [0.1, 0.15) is 0 Å². The molecule has 0 bridgehead atoms. The Bertz CT molecular complexity index is 857.